The summed E-state index contributed by atoms with van der Waals surface area (Å²) < 4.78 is 5.21. The van der Waals surface area contributed by atoms with Crippen LogP contribution in [0.25, 0.3) is 0 Å². The second kappa shape index (κ2) is 9.65. The van der Waals surface area contributed by atoms with Crippen molar-refractivity contribution >= 4 is 23.4 Å². The number of nitrogens with one attached hydrogen (secondary N) is 2. The van der Waals surface area contributed by atoms with Gasteiger partial charge in [-0.05, 0) is 48.2 Å². The first-order chi connectivity index (χ1) is 15.9. The Bertz CT molecular complexity index is 1040. The Balaban J connectivity index is 1.60. The predicted octanol–water partition coefficient (Wildman–Crippen LogP) is 3.25. The first-order valence-corrected chi connectivity index (χ1v) is 11.5. The van der Waals surface area contributed by atoms with E-state index in [0.717, 1.165) is 41.8 Å². The van der Waals surface area contributed by atoms with E-state index >= 15 is 0 Å². The number of rotatable bonds is 5. The number of likely N-dealkylation sites (tertiary alicyclic amines) is 1. The van der Waals surface area contributed by atoms with Crippen LogP contribution in [0.2, 0.25) is 0 Å². The quantitative estimate of drug-likeness (QED) is 0.734. The zero-order valence-corrected chi connectivity index (χ0v) is 19.2. The van der Waals surface area contributed by atoms with Gasteiger partial charge in [0.2, 0.25) is 17.7 Å². The number of nitrogens with zero attached hydrogens (tertiary/aromatic N) is 1. The molecule has 2 fully saturated rings. The van der Waals surface area contributed by atoms with Crippen LogP contribution in [0, 0.1) is 0 Å². The zero-order chi connectivity index (χ0) is 23.4. The highest BCUT2D eigenvalue weighted by atomic mass is 16.5. The third kappa shape index (κ3) is 5.18. The number of carbonyl (C=O) groups excluding carboxylic acids is 3. The van der Waals surface area contributed by atoms with Gasteiger partial charge < -0.3 is 20.3 Å². The Hall–Kier alpha value is -3.35. The van der Waals surface area contributed by atoms with E-state index in [-0.39, 0.29) is 23.6 Å². The molecule has 174 valence electrons. The molecule has 4 rings (SSSR count). The van der Waals surface area contributed by atoms with E-state index in [1.807, 2.05) is 53.4 Å². The molecule has 2 atom stereocenters. The van der Waals surface area contributed by atoms with Crippen molar-refractivity contribution in [1.82, 2.24) is 10.2 Å². The van der Waals surface area contributed by atoms with Crippen LogP contribution in [0.5, 0.6) is 5.75 Å². The maximum Gasteiger partial charge on any atom is 0.227 e. The van der Waals surface area contributed by atoms with E-state index in [9.17, 15) is 14.4 Å². The minimum atomic E-state index is -0.502. The molecule has 0 radical (unpaired) electrons. The molecule has 7 nitrogen and oxygen atoms in total. The van der Waals surface area contributed by atoms with Crippen molar-refractivity contribution in [1.29, 1.82) is 0 Å². The lowest BCUT2D eigenvalue weighted by molar-refractivity contribution is -0.130. The summed E-state index contributed by atoms with van der Waals surface area (Å²) in [7, 11) is 1.62. The molecule has 2 N–H and O–H groups in total. The summed E-state index contributed by atoms with van der Waals surface area (Å²) in [6.45, 7) is 2.50. The van der Waals surface area contributed by atoms with Crippen molar-refractivity contribution < 1.29 is 19.1 Å². The normalized spacial score (nSPS) is 22.5. The summed E-state index contributed by atoms with van der Waals surface area (Å²) >= 11 is 0. The van der Waals surface area contributed by atoms with Crippen molar-refractivity contribution in [3.05, 3.63) is 59.7 Å². The minimum absolute atomic E-state index is 0.0403. The third-order valence-corrected chi connectivity index (χ3v) is 6.68. The largest absolute Gasteiger partial charge is 0.497 e. The van der Waals surface area contributed by atoms with Crippen LogP contribution in [0.3, 0.4) is 0 Å². The first-order valence-electron chi connectivity index (χ1n) is 11.5. The molecule has 0 unspecified atom stereocenters. The highest BCUT2D eigenvalue weighted by Gasteiger charge is 2.49. The van der Waals surface area contributed by atoms with Gasteiger partial charge in [0.15, 0.2) is 0 Å². The van der Waals surface area contributed by atoms with Gasteiger partial charge in [-0.1, -0.05) is 30.7 Å². The summed E-state index contributed by atoms with van der Waals surface area (Å²) in [4.78, 5) is 39.3. The molecule has 0 bridgehead atoms. The summed E-state index contributed by atoms with van der Waals surface area (Å²) in [6, 6.07) is 15.3. The van der Waals surface area contributed by atoms with Crippen LogP contribution in [0.15, 0.2) is 48.5 Å². The topological polar surface area (TPSA) is 87.7 Å². The maximum absolute atomic E-state index is 13.3. The van der Waals surface area contributed by atoms with Gasteiger partial charge in [-0.3, -0.25) is 14.4 Å². The van der Waals surface area contributed by atoms with Crippen LogP contribution in [0.1, 0.15) is 49.7 Å². The summed E-state index contributed by atoms with van der Waals surface area (Å²) in [5, 5.41) is 6.13. The van der Waals surface area contributed by atoms with Gasteiger partial charge in [0.05, 0.1) is 19.1 Å². The molecule has 2 saturated heterocycles. The molecule has 0 saturated carbocycles. The van der Waals surface area contributed by atoms with Gasteiger partial charge in [-0.15, -0.1) is 0 Å². The van der Waals surface area contributed by atoms with E-state index < -0.39 is 5.54 Å². The minimum Gasteiger partial charge on any atom is -0.497 e. The Labute approximate surface area is 194 Å². The smallest absolute Gasteiger partial charge is 0.227 e. The fraction of sp³-hybridized carbons (Fsp3) is 0.423. The van der Waals surface area contributed by atoms with E-state index in [1.54, 1.807) is 7.11 Å². The number of hydrogen-bond donors (Lipinski definition) is 2. The standard InChI is InChI=1S/C26H31N3O4/c1-18(30)27-21-7-5-6-20(15-21)23-16-29(17-26(23)13-4-3-8-24(31)28-26)25(32)14-19-9-11-22(33-2)12-10-19/h5-7,9-12,15,23H,3-4,8,13-14,16-17H2,1-2H3,(H,27,30)(H,28,31)/t23-,26+/m0/s1. The first kappa shape index (κ1) is 22.8. The molecule has 3 amide bonds. The van der Waals surface area contributed by atoms with Gasteiger partial charge in [0.25, 0.3) is 0 Å². The molecule has 2 aromatic carbocycles. The fourth-order valence-corrected chi connectivity index (χ4v) is 5.10. The van der Waals surface area contributed by atoms with Gasteiger partial charge in [0, 0.05) is 38.0 Å². The highest BCUT2D eigenvalue weighted by molar-refractivity contribution is 5.88. The van der Waals surface area contributed by atoms with E-state index in [2.05, 4.69) is 10.6 Å². The van der Waals surface area contributed by atoms with Crippen molar-refractivity contribution in [2.24, 2.45) is 0 Å². The zero-order valence-electron chi connectivity index (χ0n) is 19.2. The molecule has 7 heteroatoms. The van der Waals surface area contributed by atoms with E-state index in [4.69, 9.17) is 4.74 Å². The molecule has 2 heterocycles. The average Bonchev–Trinajstić information content (AvgIpc) is 3.05. The fourth-order valence-electron chi connectivity index (χ4n) is 5.10. The molecular weight excluding hydrogens is 418 g/mol. The lowest BCUT2D eigenvalue weighted by Gasteiger charge is -2.35. The molecule has 0 aromatic heterocycles. The van der Waals surface area contributed by atoms with E-state index in [1.165, 1.54) is 6.92 Å². The van der Waals surface area contributed by atoms with Crippen LogP contribution >= 0.6 is 0 Å². The van der Waals surface area contributed by atoms with E-state index in [0.29, 0.717) is 25.9 Å². The van der Waals surface area contributed by atoms with Crippen molar-refractivity contribution in [2.75, 3.05) is 25.5 Å². The lowest BCUT2D eigenvalue weighted by Crippen LogP contribution is -2.52. The Morgan fingerprint density at radius 2 is 1.97 bits per heavy atom. The summed E-state index contributed by atoms with van der Waals surface area (Å²) in [6.07, 6.45) is 3.42. The number of ether oxygens (including phenoxy) is 1. The van der Waals surface area contributed by atoms with Gasteiger partial charge in [-0.25, -0.2) is 0 Å². The molecule has 2 aliphatic rings. The van der Waals surface area contributed by atoms with Gasteiger partial charge in [0.1, 0.15) is 5.75 Å². The van der Waals surface area contributed by atoms with Gasteiger partial charge in [-0.2, -0.15) is 0 Å². The second-order valence-corrected chi connectivity index (χ2v) is 9.07. The number of amides is 3. The van der Waals surface area contributed by atoms with Crippen LogP contribution in [-0.2, 0) is 20.8 Å². The molecule has 2 aromatic rings. The Morgan fingerprint density at radius 3 is 2.70 bits per heavy atom. The molecular formula is C26H31N3O4. The molecule has 1 spiro atoms. The number of methoxy groups -OCH3 is 1. The predicted molar refractivity (Wildman–Crippen MR) is 126 cm³/mol. The number of benzene rings is 2. The van der Waals surface area contributed by atoms with Crippen molar-refractivity contribution in [2.45, 2.75) is 50.5 Å². The van der Waals surface area contributed by atoms with Crippen molar-refractivity contribution in [3.8, 4) is 5.75 Å². The Morgan fingerprint density at radius 1 is 1.18 bits per heavy atom. The monoisotopic (exact) mass is 449 g/mol. The highest BCUT2D eigenvalue weighted by Crippen LogP contribution is 2.41. The van der Waals surface area contributed by atoms with Crippen LogP contribution in [-0.4, -0.2) is 48.4 Å². The van der Waals surface area contributed by atoms with Crippen LogP contribution in [0.4, 0.5) is 5.69 Å². The van der Waals surface area contributed by atoms with Gasteiger partial charge >= 0.3 is 0 Å². The third-order valence-electron chi connectivity index (χ3n) is 6.68. The molecule has 33 heavy (non-hydrogen) atoms. The number of anilines is 1. The number of carbonyl (C=O) groups is 3. The molecule has 0 aliphatic carbocycles. The van der Waals surface area contributed by atoms with Crippen LogP contribution < -0.4 is 15.4 Å². The summed E-state index contributed by atoms with van der Waals surface area (Å²) in [5.74, 6) is 0.658. The maximum atomic E-state index is 13.3. The second-order valence-electron chi connectivity index (χ2n) is 9.07. The molecule has 2 aliphatic heterocycles. The average molecular weight is 450 g/mol. The van der Waals surface area contributed by atoms with Crippen molar-refractivity contribution in [3.63, 3.8) is 0 Å². The lowest BCUT2D eigenvalue weighted by atomic mass is 9.79. The SMILES string of the molecule is COc1ccc(CC(=O)N2C[C@@H](c3cccc(NC(C)=O)c3)[C@@]3(CCCCC(=O)N3)C2)cc1. The Kier molecular flexibility index (Phi) is 6.67. The number of hydrogen-bond acceptors (Lipinski definition) is 4. The summed E-state index contributed by atoms with van der Waals surface area (Å²) in [5.41, 5.74) is 2.16.